The van der Waals surface area contributed by atoms with Gasteiger partial charge >= 0.3 is 5.97 Å². The Morgan fingerprint density at radius 1 is 1.14 bits per heavy atom. The number of nitrogens with zero attached hydrogens (tertiary/aromatic N) is 1. The van der Waals surface area contributed by atoms with E-state index in [1.807, 2.05) is 36.4 Å². The molecule has 1 saturated carbocycles. The van der Waals surface area contributed by atoms with Gasteiger partial charge in [-0.15, -0.1) is 11.8 Å². The van der Waals surface area contributed by atoms with Crippen molar-refractivity contribution in [3.8, 4) is 5.75 Å². The summed E-state index contributed by atoms with van der Waals surface area (Å²) >= 11 is 1.71. The van der Waals surface area contributed by atoms with Crippen LogP contribution >= 0.6 is 11.8 Å². The molecule has 0 bridgehead atoms. The summed E-state index contributed by atoms with van der Waals surface area (Å²) in [7, 11) is 0. The van der Waals surface area contributed by atoms with Gasteiger partial charge in [-0.1, -0.05) is 43.3 Å². The first kappa shape index (κ1) is 24.1. The average molecular weight is 499 g/mol. The van der Waals surface area contributed by atoms with Crippen molar-refractivity contribution < 1.29 is 13.9 Å². The van der Waals surface area contributed by atoms with Crippen molar-refractivity contribution in [2.75, 3.05) is 6.26 Å². The third-order valence-corrected chi connectivity index (χ3v) is 7.56. The minimum Gasteiger partial charge on any atom is -0.423 e. The fraction of sp³-hybridized carbons (Fsp3) is 0.200. The first-order valence-corrected chi connectivity index (χ1v) is 13.2. The number of benzene rings is 3. The van der Waals surface area contributed by atoms with Crippen LogP contribution in [0.4, 0.5) is 4.39 Å². The molecule has 0 aliphatic heterocycles. The number of carbonyl (C=O) groups excluding carboxylic acids is 1. The lowest BCUT2D eigenvalue weighted by Crippen LogP contribution is -2.16. The Bertz CT molecular complexity index is 1500. The summed E-state index contributed by atoms with van der Waals surface area (Å²) in [5.41, 5.74) is 6.66. The van der Waals surface area contributed by atoms with Crippen molar-refractivity contribution in [1.29, 1.82) is 0 Å². The summed E-state index contributed by atoms with van der Waals surface area (Å²) < 4.78 is 20.3. The number of aromatic nitrogens is 2. The van der Waals surface area contributed by atoms with Gasteiger partial charge in [-0.3, -0.25) is 5.10 Å². The predicted molar refractivity (Wildman–Crippen MR) is 145 cm³/mol. The molecule has 1 fully saturated rings. The highest BCUT2D eigenvalue weighted by atomic mass is 32.2. The Labute approximate surface area is 214 Å². The van der Waals surface area contributed by atoms with E-state index in [-0.39, 0.29) is 0 Å². The summed E-state index contributed by atoms with van der Waals surface area (Å²) in [6.45, 7) is 5.68. The zero-order valence-corrected chi connectivity index (χ0v) is 21.1. The van der Waals surface area contributed by atoms with Gasteiger partial charge in [0.2, 0.25) is 5.95 Å². The number of H-pyrrole nitrogens is 1. The Morgan fingerprint density at radius 2 is 1.94 bits per heavy atom. The lowest BCUT2D eigenvalue weighted by atomic mass is 9.72. The molecule has 0 atom stereocenters. The van der Waals surface area contributed by atoms with Crippen LogP contribution in [0.1, 0.15) is 41.5 Å². The second kappa shape index (κ2) is 10.2. The molecule has 36 heavy (non-hydrogen) atoms. The fourth-order valence-corrected chi connectivity index (χ4v) is 5.32. The van der Waals surface area contributed by atoms with E-state index in [4.69, 9.17) is 4.74 Å². The molecular weight excluding hydrogens is 471 g/mol. The quantitative estimate of drug-likeness (QED) is 0.0938. The van der Waals surface area contributed by atoms with Crippen molar-refractivity contribution in [2.45, 2.75) is 31.1 Å². The average Bonchev–Trinajstić information content (AvgIpc) is 3.23. The maximum atomic E-state index is 14.6. The summed E-state index contributed by atoms with van der Waals surface area (Å²) in [6, 6.07) is 19.7. The lowest BCUT2D eigenvalue weighted by Gasteiger charge is -2.32. The molecule has 1 heterocycles. The molecule has 0 radical (unpaired) electrons. The van der Waals surface area contributed by atoms with Gasteiger partial charge in [0.25, 0.3) is 0 Å². The molecule has 1 aliphatic carbocycles. The van der Waals surface area contributed by atoms with Gasteiger partial charge in [0.05, 0.1) is 10.9 Å². The molecule has 1 N–H and O–H groups in total. The number of halogens is 1. The maximum absolute atomic E-state index is 14.6. The van der Waals surface area contributed by atoms with Crippen molar-refractivity contribution in [3.05, 3.63) is 102 Å². The molecule has 0 amide bonds. The topological polar surface area (TPSA) is 55.0 Å². The van der Waals surface area contributed by atoms with Crippen molar-refractivity contribution in [1.82, 2.24) is 10.2 Å². The Kier molecular flexibility index (Phi) is 6.79. The summed E-state index contributed by atoms with van der Waals surface area (Å²) in [6.07, 6.45) is 6.53. The summed E-state index contributed by atoms with van der Waals surface area (Å²) in [5.74, 6) is -0.209. The molecule has 4 nitrogen and oxygen atoms in total. The van der Waals surface area contributed by atoms with Gasteiger partial charge in [0.15, 0.2) is 0 Å². The fourth-order valence-electron chi connectivity index (χ4n) is 4.82. The van der Waals surface area contributed by atoms with E-state index in [0.717, 1.165) is 47.6 Å². The van der Waals surface area contributed by atoms with Gasteiger partial charge < -0.3 is 4.74 Å². The molecule has 3 aromatic carbocycles. The van der Waals surface area contributed by atoms with Crippen LogP contribution in [-0.4, -0.2) is 22.4 Å². The van der Waals surface area contributed by atoms with E-state index in [1.165, 1.54) is 16.0 Å². The van der Waals surface area contributed by atoms with Gasteiger partial charge in [-0.2, -0.15) is 9.49 Å². The van der Waals surface area contributed by atoms with Crippen LogP contribution in [-0.2, 0) is 4.79 Å². The monoisotopic (exact) mass is 498 g/mol. The van der Waals surface area contributed by atoms with Crippen LogP contribution in [0, 0.1) is 18.8 Å². The number of rotatable bonds is 7. The van der Waals surface area contributed by atoms with Crippen LogP contribution in [0.3, 0.4) is 0 Å². The van der Waals surface area contributed by atoms with Crippen molar-refractivity contribution >= 4 is 39.8 Å². The van der Waals surface area contributed by atoms with Crippen molar-refractivity contribution in [2.24, 2.45) is 5.92 Å². The molecule has 4 aromatic rings. The van der Waals surface area contributed by atoms with Crippen LogP contribution in [0.2, 0.25) is 0 Å². The maximum Gasteiger partial charge on any atom is 0.335 e. The Morgan fingerprint density at radius 3 is 2.64 bits per heavy atom. The second-order valence-corrected chi connectivity index (χ2v) is 9.87. The zero-order valence-electron chi connectivity index (χ0n) is 20.3. The smallest absolute Gasteiger partial charge is 0.335 e. The number of carbonyl (C=O) groups is 1. The van der Waals surface area contributed by atoms with Gasteiger partial charge in [0, 0.05) is 16.5 Å². The molecule has 1 aliphatic rings. The first-order chi connectivity index (χ1) is 17.5. The number of nitrogens with one attached hydrogen (secondary N) is 1. The van der Waals surface area contributed by atoms with E-state index in [9.17, 15) is 9.18 Å². The number of fused-ring (bicyclic) bond motifs is 1. The van der Waals surface area contributed by atoms with E-state index >= 15 is 0 Å². The third-order valence-electron chi connectivity index (χ3n) is 6.84. The number of thioether (sulfide) groups is 1. The number of hydrogen-bond donors (Lipinski definition) is 1. The van der Waals surface area contributed by atoms with Crippen LogP contribution < -0.4 is 4.74 Å². The summed E-state index contributed by atoms with van der Waals surface area (Å²) in [5, 5.41) is 6.92. The third kappa shape index (κ3) is 4.49. The number of aromatic amines is 1. The number of hydrogen-bond acceptors (Lipinski definition) is 4. The molecule has 182 valence electrons. The minimum atomic E-state index is -0.524. The number of allylic oxidation sites excluding steroid dienone is 1. The van der Waals surface area contributed by atoms with Crippen molar-refractivity contribution in [3.63, 3.8) is 0 Å². The lowest BCUT2D eigenvalue weighted by molar-refractivity contribution is -0.128. The Hall–Kier alpha value is -3.64. The van der Waals surface area contributed by atoms with Crippen LogP contribution in [0.5, 0.6) is 5.75 Å². The molecule has 0 saturated heterocycles. The van der Waals surface area contributed by atoms with E-state index in [0.29, 0.717) is 22.6 Å². The molecular formula is C30H27FN2O2S. The molecule has 0 spiro atoms. The summed E-state index contributed by atoms with van der Waals surface area (Å²) in [4.78, 5) is 13.4. The normalized spacial score (nSPS) is 14.3. The van der Waals surface area contributed by atoms with Gasteiger partial charge in [-0.05, 0) is 90.1 Å². The Balaban J connectivity index is 1.85. The second-order valence-electron chi connectivity index (χ2n) is 8.99. The minimum absolute atomic E-state index is 0.340. The van der Waals surface area contributed by atoms with E-state index in [2.05, 4.69) is 48.2 Å². The number of para-hydroxylation sites is 1. The van der Waals surface area contributed by atoms with E-state index in [1.54, 1.807) is 17.8 Å². The largest absolute Gasteiger partial charge is 0.423 e. The highest BCUT2D eigenvalue weighted by Gasteiger charge is 2.29. The number of esters is 1. The predicted octanol–water partition coefficient (Wildman–Crippen LogP) is 7.58. The van der Waals surface area contributed by atoms with Gasteiger partial charge in [0.1, 0.15) is 5.75 Å². The number of ether oxygens (including phenoxy) is 1. The molecule has 5 rings (SSSR count). The standard InChI is InChI=1S/C30H27FN2O2S/c1-4-27(34)35-26-11-6-5-10-23(26)29(20-12-15-25-24(17-20)30(31)33-32-25)28(19-8-7-9-19)22-14-13-21(36-3)16-18(22)2/h4-6,10-17,19H,1,7-9H2,2-3H3,(H,32,33)/b29-28-. The molecule has 6 heteroatoms. The van der Waals surface area contributed by atoms with E-state index < -0.39 is 11.9 Å². The first-order valence-electron chi connectivity index (χ1n) is 12.0. The molecule has 0 unspecified atom stereocenters. The highest BCUT2D eigenvalue weighted by molar-refractivity contribution is 7.98. The SMILES string of the molecule is C=CC(=O)Oc1ccccc1/C(=C(\c1ccc(SC)cc1C)C1CCC1)c1ccc2n[nH]c(F)c2c1. The van der Waals surface area contributed by atoms with Crippen LogP contribution in [0.15, 0.2) is 78.2 Å². The highest BCUT2D eigenvalue weighted by Crippen LogP contribution is 2.48. The van der Waals surface area contributed by atoms with Crippen LogP contribution in [0.25, 0.3) is 22.0 Å². The van der Waals surface area contributed by atoms with Gasteiger partial charge in [-0.25, -0.2) is 4.79 Å². The zero-order chi connectivity index (χ0) is 25.2. The number of aryl methyl sites for hydroxylation is 1. The molecule has 1 aromatic heterocycles.